The fourth-order valence-corrected chi connectivity index (χ4v) is 2.03. The molecule has 0 unspecified atom stereocenters. The van der Waals surface area contributed by atoms with Crippen molar-refractivity contribution < 1.29 is 13.6 Å². The third-order valence-electron chi connectivity index (χ3n) is 3.06. The molecule has 0 amide bonds. The summed E-state index contributed by atoms with van der Waals surface area (Å²) < 4.78 is 26.3. The Morgan fingerprint density at radius 3 is 2.47 bits per heavy atom. The van der Waals surface area contributed by atoms with E-state index in [4.69, 9.17) is 0 Å². The van der Waals surface area contributed by atoms with Crippen LogP contribution in [-0.2, 0) is 12.8 Å². The number of rotatable bonds is 4. The van der Waals surface area contributed by atoms with E-state index in [2.05, 4.69) is 0 Å². The highest BCUT2D eigenvalue weighted by atomic mass is 19.1. The summed E-state index contributed by atoms with van der Waals surface area (Å²) in [4.78, 5) is 12.2. The first-order valence-corrected chi connectivity index (χ1v) is 6.17. The molecule has 3 heteroatoms. The molecule has 0 aliphatic rings. The van der Waals surface area contributed by atoms with Gasteiger partial charge in [-0.2, -0.15) is 0 Å². The van der Waals surface area contributed by atoms with Gasteiger partial charge in [-0.1, -0.05) is 37.3 Å². The van der Waals surface area contributed by atoms with Crippen molar-refractivity contribution in [3.05, 3.63) is 70.8 Å². The van der Waals surface area contributed by atoms with Gasteiger partial charge in [-0.05, 0) is 23.6 Å². The first kappa shape index (κ1) is 13.4. The number of carbonyl (C=O) groups is 1. The largest absolute Gasteiger partial charge is 0.294 e. The van der Waals surface area contributed by atoms with E-state index in [1.807, 2.05) is 19.1 Å². The fourth-order valence-electron chi connectivity index (χ4n) is 2.03. The molecule has 0 spiro atoms. The van der Waals surface area contributed by atoms with Crippen LogP contribution in [0.15, 0.2) is 42.5 Å². The van der Waals surface area contributed by atoms with Crippen LogP contribution in [0.1, 0.15) is 28.4 Å². The van der Waals surface area contributed by atoms with Crippen LogP contribution in [0.4, 0.5) is 8.78 Å². The van der Waals surface area contributed by atoms with E-state index in [-0.39, 0.29) is 17.8 Å². The molecule has 2 rings (SSSR count). The van der Waals surface area contributed by atoms with E-state index in [1.54, 1.807) is 12.1 Å². The van der Waals surface area contributed by atoms with Crippen LogP contribution < -0.4 is 0 Å². The Bertz CT molecular complexity index is 605. The van der Waals surface area contributed by atoms with Crippen LogP contribution in [0.3, 0.4) is 0 Å². The molecule has 0 saturated carbocycles. The quantitative estimate of drug-likeness (QED) is 0.761. The lowest BCUT2D eigenvalue weighted by Crippen LogP contribution is -2.08. The van der Waals surface area contributed by atoms with Crippen molar-refractivity contribution in [3.63, 3.8) is 0 Å². The van der Waals surface area contributed by atoms with Gasteiger partial charge in [0.25, 0.3) is 0 Å². The molecular formula is C16H14F2O. The maximum atomic E-state index is 13.5. The highest BCUT2D eigenvalue weighted by molar-refractivity contribution is 5.98. The summed E-state index contributed by atoms with van der Waals surface area (Å²) in [7, 11) is 0. The number of benzene rings is 2. The second kappa shape index (κ2) is 5.74. The summed E-state index contributed by atoms with van der Waals surface area (Å²) in [5.74, 6) is -1.46. The fraction of sp³-hybridized carbons (Fsp3) is 0.188. The lowest BCUT2D eigenvalue weighted by molar-refractivity contribution is 0.0991. The number of aryl methyl sites for hydroxylation is 1. The van der Waals surface area contributed by atoms with E-state index in [9.17, 15) is 13.6 Å². The molecule has 0 aromatic heterocycles. The number of halogens is 2. The lowest BCUT2D eigenvalue weighted by atomic mass is 9.97. The first-order valence-electron chi connectivity index (χ1n) is 6.17. The van der Waals surface area contributed by atoms with E-state index < -0.39 is 11.6 Å². The zero-order chi connectivity index (χ0) is 13.8. The van der Waals surface area contributed by atoms with Crippen molar-refractivity contribution in [1.29, 1.82) is 0 Å². The Hall–Kier alpha value is -2.03. The molecule has 0 aliphatic heterocycles. The SMILES string of the molecule is CCc1ccccc1C(=O)Cc1ccc(F)cc1F. The van der Waals surface area contributed by atoms with Gasteiger partial charge in [0.15, 0.2) is 5.78 Å². The normalized spacial score (nSPS) is 10.5. The average molecular weight is 260 g/mol. The van der Waals surface area contributed by atoms with Crippen molar-refractivity contribution in [1.82, 2.24) is 0 Å². The van der Waals surface area contributed by atoms with Gasteiger partial charge in [0.05, 0.1) is 0 Å². The lowest BCUT2D eigenvalue weighted by Gasteiger charge is -2.07. The third-order valence-corrected chi connectivity index (χ3v) is 3.06. The molecular weight excluding hydrogens is 246 g/mol. The molecule has 2 aromatic carbocycles. The molecule has 0 bridgehead atoms. The molecule has 0 radical (unpaired) electrons. The van der Waals surface area contributed by atoms with Gasteiger partial charge in [0.1, 0.15) is 11.6 Å². The van der Waals surface area contributed by atoms with Gasteiger partial charge in [-0.3, -0.25) is 4.79 Å². The van der Waals surface area contributed by atoms with Gasteiger partial charge in [-0.25, -0.2) is 8.78 Å². The minimum Gasteiger partial charge on any atom is -0.294 e. The molecule has 0 heterocycles. The molecule has 0 fully saturated rings. The van der Waals surface area contributed by atoms with E-state index in [1.165, 1.54) is 6.07 Å². The summed E-state index contributed by atoms with van der Waals surface area (Å²) in [6.45, 7) is 1.96. The number of Topliss-reactive ketones (excluding diaryl/α,β-unsaturated/α-hetero) is 1. The standard InChI is InChI=1S/C16H14F2O/c1-2-11-5-3-4-6-14(11)16(19)9-12-7-8-13(17)10-15(12)18/h3-8,10H,2,9H2,1H3. The number of carbonyl (C=O) groups excluding carboxylic acids is 1. The molecule has 0 N–H and O–H groups in total. The highest BCUT2D eigenvalue weighted by Crippen LogP contribution is 2.16. The first-order chi connectivity index (χ1) is 9.11. The van der Waals surface area contributed by atoms with E-state index in [0.29, 0.717) is 5.56 Å². The Kier molecular flexibility index (Phi) is 4.05. The zero-order valence-electron chi connectivity index (χ0n) is 10.6. The van der Waals surface area contributed by atoms with Gasteiger partial charge >= 0.3 is 0 Å². The van der Waals surface area contributed by atoms with Crippen LogP contribution >= 0.6 is 0 Å². The molecule has 0 atom stereocenters. The average Bonchev–Trinajstić information content (AvgIpc) is 2.41. The minimum absolute atomic E-state index is 0.0525. The predicted octanol–water partition coefficient (Wildman–Crippen LogP) is 3.95. The Morgan fingerprint density at radius 2 is 1.79 bits per heavy atom. The maximum Gasteiger partial charge on any atom is 0.167 e. The van der Waals surface area contributed by atoms with Gasteiger partial charge < -0.3 is 0 Å². The van der Waals surface area contributed by atoms with Crippen molar-refractivity contribution in [2.75, 3.05) is 0 Å². The minimum atomic E-state index is -0.678. The van der Waals surface area contributed by atoms with Crippen molar-refractivity contribution in [2.45, 2.75) is 19.8 Å². The summed E-state index contributed by atoms with van der Waals surface area (Å²) >= 11 is 0. The summed E-state index contributed by atoms with van der Waals surface area (Å²) in [5.41, 5.74) is 1.76. The van der Waals surface area contributed by atoms with E-state index in [0.717, 1.165) is 24.1 Å². The summed E-state index contributed by atoms with van der Waals surface area (Å²) in [6, 6.07) is 10.6. The number of ketones is 1. The van der Waals surface area contributed by atoms with Gasteiger partial charge in [-0.15, -0.1) is 0 Å². The van der Waals surface area contributed by atoms with Gasteiger partial charge in [0, 0.05) is 18.1 Å². The van der Waals surface area contributed by atoms with E-state index >= 15 is 0 Å². The van der Waals surface area contributed by atoms with Crippen LogP contribution in [-0.4, -0.2) is 5.78 Å². The van der Waals surface area contributed by atoms with Crippen LogP contribution in [0.5, 0.6) is 0 Å². The Balaban J connectivity index is 2.26. The Morgan fingerprint density at radius 1 is 1.05 bits per heavy atom. The molecule has 19 heavy (non-hydrogen) atoms. The Labute approximate surface area is 110 Å². The van der Waals surface area contributed by atoms with Crippen molar-refractivity contribution in [2.24, 2.45) is 0 Å². The predicted molar refractivity (Wildman–Crippen MR) is 70.2 cm³/mol. The second-order valence-electron chi connectivity index (χ2n) is 4.35. The summed E-state index contributed by atoms with van der Waals surface area (Å²) in [6.07, 6.45) is 0.691. The van der Waals surface area contributed by atoms with Crippen LogP contribution in [0.25, 0.3) is 0 Å². The molecule has 0 aliphatic carbocycles. The molecule has 1 nitrogen and oxygen atoms in total. The van der Waals surface area contributed by atoms with Crippen molar-refractivity contribution in [3.8, 4) is 0 Å². The third kappa shape index (κ3) is 3.05. The van der Waals surface area contributed by atoms with Gasteiger partial charge in [0.2, 0.25) is 0 Å². The second-order valence-corrected chi connectivity index (χ2v) is 4.35. The smallest absolute Gasteiger partial charge is 0.167 e. The maximum absolute atomic E-state index is 13.5. The monoisotopic (exact) mass is 260 g/mol. The number of hydrogen-bond donors (Lipinski definition) is 0. The number of hydrogen-bond acceptors (Lipinski definition) is 1. The molecule has 0 saturated heterocycles. The van der Waals surface area contributed by atoms with Crippen LogP contribution in [0.2, 0.25) is 0 Å². The van der Waals surface area contributed by atoms with Crippen molar-refractivity contribution >= 4 is 5.78 Å². The van der Waals surface area contributed by atoms with Crippen LogP contribution in [0, 0.1) is 11.6 Å². The zero-order valence-corrected chi connectivity index (χ0v) is 10.6. The molecule has 2 aromatic rings. The topological polar surface area (TPSA) is 17.1 Å². The summed E-state index contributed by atoms with van der Waals surface area (Å²) in [5, 5.41) is 0. The highest BCUT2D eigenvalue weighted by Gasteiger charge is 2.13. The molecule has 98 valence electrons.